The van der Waals surface area contributed by atoms with E-state index in [1.807, 2.05) is 26.0 Å². The van der Waals surface area contributed by atoms with Crippen molar-refractivity contribution in [1.82, 2.24) is 15.5 Å². The number of hydrogen-bond donors (Lipinski definition) is 2. The third kappa shape index (κ3) is 4.95. The van der Waals surface area contributed by atoms with E-state index in [4.69, 9.17) is 0 Å². The van der Waals surface area contributed by atoms with Crippen molar-refractivity contribution in [2.24, 2.45) is 5.92 Å². The number of hydrogen-bond acceptors (Lipinski definition) is 5. The molecule has 3 rings (SSSR count). The molecule has 0 saturated heterocycles. The highest BCUT2D eigenvalue weighted by Gasteiger charge is 2.29. The molecule has 2 aromatic rings. The maximum absolute atomic E-state index is 12.7. The number of carbonyl (C=O) groups excluding carboxylic acids is 2. The Labute approximate surface area is 170 Å². The topological polar surface area (TPSA) is 84.0 Å². The first kappa shape index (κ1) is 20.5. The Morgan fingerprint density at radius 2 is 1.75 bits per heavy atom. The zero-order chi connectivity index (χ0) is 20.5. The summed E-state index contributed by atoms with van der Waals surface area (Å²) in [5, 5.41) is 15.3. The summed E-state index contributed by atoms with van der Waals surface area (Å²) in [6, 6.07) is 6.87. The van der Waals surface area contributed by atoms with Crippen LogP contribution >= 0.6 is 11.3 Å². The molecule has 1 aromatic carbocycles. The van der Waals surface area contributed by atoms with Crippen LogP contribution in [0.3, 0.4) is 0 Å². The van der Waals surface area contributed by atoms with Crippen LogP contribution in [0.2, 0.25) is 0 Å². The van der Waals surface area contributed by atoms with Crippen LogP contribution in [0.15, 0.2) is 24.3 Å². The van der Waals surface area contributed by atoms with Gasteiger partial charge in [-0.1, -0.05) is 58.1 Å². The first-order valence-corrected chi connectivity index (χ1v) is 10.5. The Morgan fingerprint density at radius 1 is 1.11 bits per heavy atom. The average molecular weight is 401 g/mol. The molecule has 0 aliphatic heterocycles. The van der Waals surface area contributed by atoms with Crippen molar-refractivity contribution in [2.75, 3.05) is 5.32 Å². The lowest BCUT2D eigenvalue weighted by atomic mass is 9.86. The summed E-state index contributed by atoms with van der Waals surface area (Å²) >= 11 is 1.41. The van der Waals surface area contributed by atoms with Crippen molar-refractivity contribution in [3.8, 4) is 0 Å². The van der Waals surface area contributed by atoms with E-state index in [2.05, 4.69) is 41.6 Å². The fourth-order valence-electron chi connectivity index (χ4n) is 2.84. The van der Waals surface area contributed by atoms with Gasteiger partial charge in [0, 0.05) is 11.5 Å². The van der Waals surface area contributed by atoms with Crippen LogP contribution in [-0.4, -0.2) is 28.1 Å². The van der Waals surface area contributed by atoms with E-state index in [9.17, 15) is 9.59 Å². The van der Waals surface area contributed by atoms with Gasteiger partial charge in [-0.25, -0.2) is 0 Å². The van der Waals surface area contributed by atoms with Crippen LogP contribution in [0.1, 0.15) is 74.3 Å². The van der Waals surface area contributed by atoms with Gasteiger partial charge in [-0.2, -0.15) is 0 Å². The zero-order valence-electron chi connectivity index (χ0n) is 17.1. The standard InChI is InChI=1S/C21H28N4O2S/c1-12(2)16(18(27)23-20-25-24-19(28-20)14-6-7-14)22-17(26)13-8-10-15(11-9-13)21(3,4)5/h8-12,14,16H,6-7H2,1-5H3,(H,22,26)(H,23,25,27)/t16-/m0/s1. The lowest BCUT2D eigenvalue weighted by molar-refractivity contribution is -0.118. The van der Waals surface area contributed by atoms with Crippen molar-refractivity contribution < 1.29 is 9.59 Å². The SMILES string of the molecule is CC(C)[C@H](NC(=O)c1ccc(C(C)(C)C)cc1)C(=O)Nc1nnc(C2CC2)s1. The summed E-state index contributed by atoms with van der Waals surface area (Å²) in [4.78, 5) is 25.4. The Balaban J connectivity index is 1.65. The van der Waals surface area contributed by atoms with E-state index in [-0.39, 0.29) is 23.1 Å². The van der Waals surface area contributed by atoms with Crippen molar-refractivity contribution in [3.63, 3.8) is 0 Å². The van der Waals surface area contributed by atoms with Crippen molar-refractivity contribution in [1.29, 1.82) is 0 Å². The Kier molecular flexibility index (Phi) is 5.84. The van der Waals surface area contributed by atoms with Gasteiger partial charge in [0.1, 0.15) is 11.0 Å². The molecule has 150 valence electrons. The predicted molar refractivity (Wildman–Crippen MR) is 112 cm³/mol. The summed E-state index contributed by atoms with van der Waals surface area (Å²) in [5.41, 5.74) is 1.72. The molecule has 1 atom stereocenters. The number of anilines is 1. The number of nitrogens with one attached hydrogen (secondary N) is 2. The third-order valence-electron chi connectivity index (χ3n) is 4.85. The monoisotopic (exact) mass is 400 g/mol. The first-order chi connectivity index (χ1) is 13.1. The van der Waals surface area contributed by atoms with Gasteiger partial charge in [0.15, 0.2) is 0 Å². The normalized spacial score (nSPS) is 15.4. The summed E-state index contributed by atoms with van der Waals surface area (Å²) in [6.07, 6.45) is 2.28. The molecule has 2 amide bonds. The van der Waals surface area contributed by atoms with E-state index in [1.165, 1.54) is 11.3 Å². The quantitative estimate of drug-likeness (QED) is 0.764. The second-order valence-corrected chi connectivity index (χ2v) is 9.74. The minimum atomic E-state index is -0.650. The molecule has 1 saturated carbocycles. The maximum Gasteiger partial charge on any atom is 0.251 e. The van der Waals surface area contributed by atoms with Crippen LogP contribution in [0, 0.1) is 5.92 Å². The molecule has 6 nitrogen and oxygen atoms in total. The van der Waals surface area contributed by atoms with Gasteiger partial charge in [-0.3, -0.25) is 14.9 Å². The van der Waals surface area contributed by atoms with Crippen LogP contribution in [0.5, 0.6) is 0 Å². The van der Waals surface area contributed by atoms with Crippen LogP contribution < -0.4 is 10.6 Å². The summed E-state index contributed by atoms with van der Waals surface area (Å²) in [7, 11) is 0. The molecule has 1 aliphatic rings. The van der Waals surface area contributed by atoms with Crippen LogP contribution in [-0.2, 0) is 10.2 Å². The largest absolute Gasteiger partial charge is 0.340 e. The predicted octanol–water partition coefficient (Wildman–Crippen LogP) is 4.11. The van der Waals surface area contributed by atoms with E-state index < -0.39 is 6.04 Å². The van der Waals surface area contributed by atoms with Gasteiger partial charge in [0.25, 0.3) is 5.91 Å². The molecule has 1 fully saturated rings. The minimum absolute atomic E-state index is 0.0242. The lowest BCUT2D eigenvalue weighted by Crippen LogP contribution is -2.47. The van der Waals surface area contributed by atoms with Gasteiger partial charge in [-0.05, 0) is 41.9 Å². The highest BCUT2D eigenvalue weighted by Crippen LogP contribution is 2.42. The number of amides is 2. The molecule has 0 unspecified atom stereocenters. The van der Waals surface area contributed by atoms with E-state index in [1.54, 1.807) is 12.1 Å². The third-order valence-corrected chi connectivity index (χ3v) is 5.85. The number of carbonyl (C=O) groups is 2. The number of benzene rings is 1. The second-order valence-electron chi connectivity index (χ2n) is 8.73. The molecule has 2 N–H and O–H groups in total. The Morgan fingerprint density at radius 3 is 2.29 bits per heavy atom. The number of rotatable bonds is 6. The summed E-state index contributed by atoms with van der Waals surface area (Å²) < 4.78 is 0. The minimum Gasteiger partial charge on any atom is -0.340 e. The maximum atomic E-state index is 12.7. The van der Waals surface area contributed by atoms with Crippen LogP contribution in [0.25, 0.3) is 0 Å². The van der Waals surface area contributed by atoms with Gasteiger partial charge >= 0.3 is 0 Å². The molecule has 0 spiro atoms. The molecular weight excluding hydrogens is 372 g/mol. The Bertz CT molecular complexity index is 848. The van der Waals surface area contributed by atoms with Gasteiger partial charge in [0.2, 0.25) is 11.0 Å². The molecule has 7 heteroatoms. The molecule has 0 radical (unpaired) electrons. The van der Waals surface area contributed by atoms with Crippen molar-refractivity contribution >= 4 is 28.3 Å². The molecule has 1 aromatic heterocycles. The molecule has 1 aliphatic carbocycles. The van der Waals surface area contributed by atoms with Crippen molar-refractivity contribution in [2.45, 2.75) is 64.8 Å². The fraction of sp³-hybridized carbons (Fsp3) is 0.524. The highest BCUT2D eigenvalue weighted by molar-refractivity contribution is 7.15. The van der Waals surface area contributed by atoms with E-state index in [0.717, 1.165) is 23.4 Å². The lowest BCUT2D eigenvalue weighted by Gasteiger charge is -2.22. The van der Waals surface area contributed by atoms with Gasteiger partial charge in [0.05, 0.1) is 0 Å². The highest BCUT2D eigenvalue weighted by atomic mass is 32.1. The fourth-order valence-corrected chi connectivity index (χ4v) is 3.76. The summed E-state index contributed by atoms with van der Waals surface area (Å²) in [6.45, 7) is 10.2. The van der Waals surface area contributed by atoms with Crippen molar-refractivity contribution in [3.05, 3.63) is 40.4 Å². The van der Waals surface area contributed by atoms with E-state index >= 15 is 0 Å². The molecule has 0 bridgehead atoms. The van der Waals surface area contributed by atoms with E-state index in [0.29, 0.717) is 16.6 Å². The second kappa shape index (κ2) is 7.99. The van der Waals surface area contributed by atoms with Crippen LogP contribution in [0.4, 0.5) is 5.13 Å². The van der Waals surface area contributed by atoms with Gasteiger partial charge < -0.3 is 5.32 Å². The van der Waals surface area contributed by atoms with Gasteiger partial charge in [-0.15, -0.1) is 10.2 Å². The molecule has 28 heavy (non-hydrogen) atoms. The first-order valence-electron chi connectivity index (χ1n) is 9.71. The number of nitrogens with zero attached hydrogens (tertiary/aromatic N) is 2. The Hall–Kier alpha value is -2.28. The summed E-state index contributed by atoms with van der Waals surface area (Å²) in [5.74, 6) is -0.0909. The zero-order valence-corrected chi connectivity index (χ0v) is 17.9. The number of aromatic nitrogens is 2. The molecular formula is C21H28N4O2S. The smallest absolute Gasteiger partial charge is 0.251 e. The molecule has 1 heterocycles. The average Bonchev–Trinajstić information content (AvgIpc) is 3.38.